The zero-order chi connectivity index (χ0) is 14.4. The SMILES string of the molecule is CCC(C)[C@H](N)C(=O)N(CC)Cc1cccc(C)n1. The zero-order valence-electron chi connectivity index (χ0n) is 12.4. The highest BCUT2D eigenvalue weighted by Crippen LogP contribution is 2.11. The number of aromatic nitrogens is 1. The minimum atomic E-state index is -0.422. The number of likely N-dealkylation sites (N-methyl/N-ethyl adjacent to an activating group) is 1. The number of nitrogens with two attached hydrogens (primary N) is 1. The van der Waals surface area contributed by atoms with Gasteiger partial charge in [-0.05, 0) is 31.9 Å². The standard InChI is InChI=1S/C15H25N3O/c1-5-11(3)14(16)15(19)18(6-2)10-13-9-7-8-12(4)17-13/h7-9,11,14H,5-6,10,16H2,1-4H3/t11?,14-/m0/s1. The highest BCUT2D eigenvalue weighted by Gasteiger charge is 2.24. The molecule has 0 aliphatic heterocycles. The summed E-state index contributed by atoms with van der Waals surface area (Å²) >= 11 is 0. The minimum absolute atomic E-state index is 0.0140. The molecule has 4 nitrogen and oxygen atoms in total. The molecule has 2 N–H and O–H groups in total. The van der Waals surface area contributed by atoms with Crippen LogP contribution in [0.2, 0.25) is 0 Å². The van der Waals surface area contributed by atoms with E-state index in [4.69, 9.17) is 5.73 Å². The molecule has 1 rings (SSSR count). The van der Waals surface area contributed by atoms with Gasteiger partial charge in [0.2, 0.25) is 5.91 Å². The second kappa shape index (κ2) is 7.24. The Kier molecular flexibility index (Phi) is 5.96. The number of amides is 1. The van der Waals surface area contributed by atoms with Gasteiger partial charge in [-0.1, -0.05) is 26.3 Å². The Labute approximate surface area is 116 Å². The summed E-state index contributed by atoms with van der Waals surface area (Å²) in [4.78, 5) is 18.5. The summed E-state index contributed by atoms with van der Waals surface area (Å²) in [6.07, 6.45) is 0.910. The lowest BCUT2D eigenvalue weighted by atomic mass is 9.99. The lowest BCUT2D eigenvalue weighted by Crippen LogP contribution is -2.46. The van der Waals surface area contributed by atoms with E-state index in [1.165, 1.54) is 0 Å². The highest BCUT2D eigenvalue weighted by molar-refractivity contribution is 5.81. The van der Waals surface area contributed by atoms with Gasteiger partial charge in [0.1, 0.15) is 0 Å². The van der Waals surface area contributed by atoms with Crippen molar-refractivity contribution in [3.63, 3.8) is 0 Å². The van der Waals surface area contributed by atoms with Crippen LogP contribution in [0.15, 0.2) is 18.2 Å². The molecule has 2 atom stereocenters. The van der Waals surface area contributed by atoms with Gasteiger partial charge < -0.3 is 10.6 Å². The van der Waals surface area contributed by atoms with Crippen LogP contribution < -0.4 is 5.73 Å². The highest BCUT2D eigenvalue weighted by atomic mass is 16.2. The summed E-state index contributed by atoms with van der Waals surface area (Å²) in [5.74, 6) is 0.215. The summed E-state index contributed by atoms with van der Waals surface area (Å²) in [7, 11) is 0. The first-order chi connectivity index (χ1) is 8.99. The van der Waals surface area contributed by atoms with E-state index in [-0.39, 0.29) is 11.8 Å². The van der Waals surface area contributed by atoms with E-state index in [1.54, 1.807) is 4.90 Å². The van der Waals surface area contributed by atoms with Gasteiger partial charge >= 0.3 is 0 Å². The monoisotopic (exact) mass is 263 g/mol. The zero-order valence-corrected chi connectivity index (χ0v) is 12.4. The van der Waals surface area contributed by atoms with Crippen molar-refractivity contribution in [2.75, 3.05) is 6.54 Å². The maximum atomic E-state index is 12.3. The average molecular weight is 263 g/mol. The van der Waals surface area contributed by atoms with Crippen LogP contribution >= 0.6 is 0 Å². The number of aryl methyl sites for hydroxylation is 1. The van der Waals surface area contributed by atoms with Crippen LogP contribution in [-0.2, 0) is 11.3 Å². The van der Waals surface area contributed by atoms with Gasteiger partial charge in [-0.2, -0.15) is 0 Å². The molecular weight excluding hydrogens is 238 g/mol. The molecule has 1 aromatic rings. The maximum absolute atomic E-state index is 12.3. The fourth-order valence-electron chi connectivity index (χ4n) is 1.94. The summed E-state index contributed by atoms with van der Waals surface area (Å²) in [5, 5.41) is 0. The Morgan fingerprint density at radius 2 is 2.11 bits per heavy atom. The van der Waals surface area contributed by atoms with Gasteiger partial charge in [-0.3, -0.25) is 9.78 Å². The van der Waals surface area contributed by atoms with Crippen LogP contribution in [0, 0.1) is 12.8 Å². The topological polar surface area (TPSA) is 59.2 Å². The molecule has 0 spiro atoms. The van der Waals surface area contributed by atoms with Crippen molar-refractivity contribution >= 4 is 5.91 Å². The van der Waals surface area contributed by atoms with Gasteiger partial charge in [-0.25, -0.2) is 0 Å². The van der Waals surface area contributed by atoms with Crippen LogP contribution in [0.5, 0.6) is 0 Å². The normalized spacial score (nSPS) is 13.9. The third-order valence-corrected chi connectivity index (χ3v) is 3.53. The quantitative estimate of drug-likeness (QED) is 0.855. The molecule has 1 heterocycles. The fourth-order valence-corrected chi connectivity index (χ4v) is 1.94. The van der Waals surface area contributed by atoms with Gasteiger partial charge in [0, 0.05) is 12.2 Å². The predicted molar refractivity (Wildman–Crippen MR) is 77.5 cm³/mol. The van der Waals surface area contributed by atoms with E-state index in [1.807, 2.05) is 39.0 Å². The van der Waals surface area contributed by atoms with Gasteiger partial charge in [-0.15, -0.1) is 0 Å². The molecule has 0 bridgehead atoms. The second-order valence-electron chi connectivity index (χ2n) is 5.03. The molecule has 106 valence electrons. The van der Waals surface area contributed by atoms with Crippen LogP contribution in [0.3, 0.4) is 0 Å². The number of hydrogen-bond donors (Lipinski definition) is 1. The predicted octanol–water partition coefficient (Wildman–Crippen LogP) is 2.11. The first-order valence-corrected chi connectivity index (χ1v) is 6.96. The molecule has 0 aliphatic carbocycles. The summed E-state index contributed by atoms with van der Waals surface area (Å²) in [5.41, 5.74) is 7.89. The molecule has 0 saturated heterocycles. The summed E-state index contributed by atoms with van der Waals surface area (Å²) in [6, 6.07) is 5.43. The molecule has 4 heteroatoms. The first kappa shape index (κ1) is 15.6. The molecule has 1 aromatic heterocycles. The van der Waals surface area contributed by atoms with Crippen molar-refractivity contribution in [1.82, 2.24) is 9.88 Å². The lowest BCUT2D eigenvalue weighted by Gasteiger charge is -2.26. The van der Waals surface area contributed by atoms with Crippen molar-refractivity contribution in [1.29, 1.82) is 0 Å². The summed E-state index contributed by atoms with van der Waals surface area (Å²) in [6.45, 7) is 9.17. The smallest absolute Gasteiger partial charge is 0.240 e. The number of hydrogen-bond acceptors (Lipinski definition) is 3. The first-order valence-electron chi connectivity index (χ1n) is 6.96. The van der Waals surface area contributed by atoms with Crippen LogP contribution in [0.4, 0.5) is 0 Å². The molecule has 0 fully saturated rings. The van der Waals surface area contributed by atoms with E-state index in [9.17, 15) is 4.79 Å². The van der Waals surface area contributed by atoms with E-state index < -0.39 is 6.04 Å². The number of pyridine rings is 1. The Bertz CT molecular complexity index is 420. The lowest BCUT2D eigenvalue weighted by molar-refractivity contribution is -0.134. The van der Waals surface area contributed by atoms with Gasteiger partial charge in [0.05, 0.1) is 18.3 Å². The van der Waals surface area contributed by atoms with Crippen LogP contribution in [-0.4, -0.2) is 28.4 Å². The van der Waals surface area contributed by atoms with Gasteiger partial charge in [0.25, 0.3) is 0 Å². The van der Waals surface area contributed by atoms with E-state index >= 15 is 0 Å². The van der Waals surface area contributed by atoms with Crippen molar-refractivity contribution < 1.29 is 4.79 Å². The third kappa shape index (κ3) is 4.31. The number of nitrogens with zero attached hydrogens (tertiary/aromatic N) is 2. The second-order valence-corrected chi connectivity index (χ2v) is 5.03. The molecule has 1 unspecified atom stereocenters. The van der Waals surface area contributed by atoms with Crippen molar-refractivity contribution in [3.05, 3.63) is 29.6 Å². The fraction of sp³-hybridized carbons (Fsp3) is 0.600. The molecule has 0 aliphatic rings. The van der Waals surface area contributed by atoms with Crippen LogP contribution in [0.25, 0.3) is 0 Å². The molecular formula is C15H25N3O. The van der Waals surface area contributed by atoms with Crippen molar-refractivity contribution in [3.8, 4) is 0 Å². The average Bonchev–Trinajstić information content (AvgIpc) is 2.42. The Balaban J connectivity index is 2.75. The molecule has 0 aromatic carbocycles. The van der Waals surface area contributed by atoms with E-state index in [0.29, 0.717) is 13.1 Å². The molecule has 19 heavy (non-hydrogen) atoms. The Morgan fingerprint density at radius 1 is 1.42 bits per heavy atom. The summed E-state index contributed by atoms with van der Waals surface area (Å²) < 4.78 is 0. The molecule has 1 amide bonds. The van der Waals surface area contributed by atoms with Crippen molar-refractivity contribution in [2.45, 2.75) is 46.7 Å². The maximum Gasteiger partial charge on any atom is 0.240 e. The molecule has 0 saturated carbocycles. The third-order valence-electron chi connectivity index (χ3n) is 3.53. The minimum Gasteiger partial charge on any atom is -0.336 e. The molecule has 0 radical (unpaired) electrons. The van der Waals surface area contributed by atoms with E-state index in [2.05, 4.69) is 11.9 Å². The number of carbonyl (C=O) groups excluding carboxylic acids is 1. The number of carbonyl (C=O) groups is 1. The van der Waals surface area contributed by atoms with Gasteiger partial charge in [0.15, 0.2) is 0 Å². The van der Waals surface area contributed by atoms with Crippen LogP contribution in [0.1, 0.15) is 38.6 Å². The largest absolute Gasteiger partial charge is 0.336 e. The number of rotatable bonds is 6. The Morgan fingerprint density at radius 3 is 2.63 bits per heavy atom. The van der Waals surface area contributed by atoms with E-state index in [0.717, 1.165) is 17.8 Å². The van der Waals surface area contributed by atoms with Crippen molar-refractivity contribution in [2.24, 2.45) is 11.7 Å². The Hall–Kier alpha value is -1.42.